The summed E-state index contributed by atoms with van der Waals surface area (Å²) >= 11 is 0. The molecule has 0 N–H and O–H groups in total. The Morgan fingerprint density at radius 1 is 0.281 bits per heavy atom. The first-order chi connectivity index (χ1) is 15.2. The van der Waals surface area contributed by atoms with Crippen molar-refractivity contribution in [2.75, 3.05) is 24.6 Å². The molecule has 0 aromatic heterocycles. The van der Waals surface area contributed by atoms with E-state index in [1.165, 1.54) is 116 Å². The van der Waals surface area contributed by atoms with Crippen LogP contribution < -0.4 is 12.4 Å². The highest BCUT2D eigenvalue weighted by atomic mass is 35.5. The van der Waals surface area contributed by atoms with E-state index in [-0.39, 0.29) is 12.4 Å². The van der Waals surface area contributed by atoms with Crippen LogP contribution in [0, 0.1) is 0 Å². The largest absolute Gasteiger partial charge is 1.00 e. The topological polar surface area (TPSA) is 0 Å². The molecule has 196 valence electrons. The fraction of sp³-hybridized carbons (Fsp3) is 1.00. The van der Waals surface area contributed by atoms with E-state index < -0.39 is 7.26 Å². The lowest BCUT2D eigenvalue weighted by molar-refractivity contribution is -0.00000711. The maximum atomic E-state index is 2.37. The van der Waals surface area contributed by atoms with Gasteiger partial charge >= 0.3 is 0 Å². The van der Waals surface area contributed by atoms with E-state index in [0.29, 0.717) is 0 Å². The molecule has 0 heterocycles. The van der Waals surface area contributed by atoms with Crippen molar-refractivity contribution in [2.24, 2.45) is 0 Å². The molecule has 0 bridgehead atoms. The number of halogens is 1. The maximum absolute atomic E-state index is 2.37. The van der Waals surface area contributed by atoms with Gasteiger partial charge in [-0.2, -0.15) is 0 Å². The van der Waals surface area contributed by atoms with E-state index >= 15 is 0 Å². The molecule has 0 aliphatic rings. The predicted octanol–water partition coefficient (Wildman–Crippen LogP) is 8.67. The average molecular weight is 491 g/mol. The highest BCUT2D eigenvalue weighted by molar-refractivity contribution is 7.75. The fourth-order valence-electron chi connectivity index (χ4n) is 5.23. The van der Waals surface area contributed by atoms with Crippen LogP contribution in [0.2, 0.25) is 0 Å². The monoisotopic (exact) mass is 490 g/mol. The zero-order chi connectivity index (χ0) is 22.9. The van der Waals surface area contributed by atoms with Crippen LogP contribution in [-0.2, 0) is 0 Å². The fourth-order valence-corrected chi connectivity index (χ4v) is 10.1. The second-order valence-electron chi connectivity index (χ2n) is 10.6. The molecule has 0 aliphatic carbocycles. The normalized spacial score (nSPS) is 11.6. The van der Waals surface area contributed by atoms with E-state index in [1.807, 2.05) is 0 Å². The Labute approximate surface area is 213 Å². The molecule has 0 atom stereocenters. The lowest BCUT2D eigenvalue weighted by Crippen LogP contribution is -3.00. The molecule has 0 saturated carbocycles. The zero-order valence-electron chi connectivity index (χ0n) is 23.2. The molecule has 0 unspecified atom stereocenters. The molecule has 0 aromatic carbocycles. The lowest BCUT2D eigenvalue weighted by Gasteiger charge is -2.28. The van der Waals surface area contributed by atoms with Gasteiger partial charge in [-0.15, -0.1) is 0 Å². The van der Waals surface area contributed by atoms with Gasteiger partial charge in [-0.1, -0.05) is 118 Å². The van der Waals surface area contributed by atoms with Crippen molar-refractivity contribution in [3.05, 3.63) is 0 Å². The van der Waals surface area contributed by atoms with E-state index in [9.17, 15) is 0 Å². The second kappa shape index (κ2) is 28.0. The Bertz CT molecular complexity index is 299. The van der Waals surface area contributed by atoms with Crippen molar-refractivity contribution in [1.82, 2.24) is 0 Å². The Morgan fingerprint density at radius 3 is 0.719 bits per heavy atom. The predicted molar refractivity (Wildman–Crippen MR) is 151 cm³/mol. The molecule has 0 fully saturated rings. The van der Waals surface area contributed by atoms with Crippen LogP contribution in [0.3, 0.4) is 0 Å². The molecule has 32 heavy (non-hydrogen) atoms. The third-order valence-electron chi connectivity index (χ3n) is 7.44. The first kappa shape index (κ1) is 34.9. The van der Waals surface area contributed by atoms with Gasteiger partial charge < -0.3 is 12.4 Å². The Hall–Kier alpha value is 0.720. The molecular weight excluding hydrogens is 427 g/mol. The summed E-state index contributed by atoms with van der Waals surface area (Å²) in [4.78, 5) is 0. The zero-order valence-corrected chi connectivity index (χ0v) is 24.9. The van der Waals surface area contributed by atoms with Crippen LogP contribution in [0.1, 0.15) is 169 Å². The molecule has 0 spiro atoms. The highest BCUT2D eigenvalue weighted by Gasteiger charge is 2.34. The molecule has 0 radical (unpaired) electrons. The smallest absolute Gasteiger partial charge is 0.0594 e. The van der Waals surface area contributed by atoms with Crippen molar-refractivity contribution in [3.8, 4) is 0 Å². The highest BCUT2D eigenvalue weighted by Crippen LogP contribution is 2.61. The van der Waals surface area contributed by atoms with Gasteiger partial charge in [-0.05, 0) is 51.4 Å². The van der Waals surface area contributed by atoms with Gasteiger partial charge in [0.15, 0.2) is 0 Å². The minimum Gasteiger partial charge on any atom is -1.00 e. The molecule has 0 saturated heterocycles. The quantitative estimate of drug-likeness (QED) is 0.0839. The van der Waals surface area contributed by atoms with Gasteiger partial charge in [-0.3, -0.25) is 0 Å². The summed E-state index contributed by atoms with van der Waals surface area (Å²) in [6.45, 7) is 9.40. The van der Waals surface area contributed by atoms with Gasteiger partial charge in [0, 0.05) is 7.26 Å². The van der Waals surface area contributed by atoms with Gasteiger partial charge in [0.1, 0.15) is 0 Å². The SMILES string of the molecule is CCCCCCCCC[P+](CCCCCC)(CCCCCC)CCCCCCCCC.[Cl-]. The minimum atomic E-state index is -0.699. The minimum absolute atomic E-state index is 0. The maximum Gasteiger partial charge on any atom is 0.0594 e. The summed E-state index contributed by atoms with van der Waals surface area (Å²) in [7, 11) is -0.699. The van der Waals surface area contributed by atoms with Gasteiger partial charge in [0.25, 0.3) is 0 Å². The van der Waals surface area contributed by atoms with E-state index in [4.69, 9.17) is 0 Å². The molecule has 2 heteroatoms. The first-order valence-electron chi connectivity index (χ1n) is 15.1. The van der Waals surface area contributed by atoms with Crippen molar-refractivity contribution < 1.29 is 12.4 Å². The number of hydrogen-bond acceptors (Lipinski definition) is 0. The number of rotatable bonds is 26. The van der Waals surface area contributed by atoms with E-state index in [2.05, 4.69) is 27.7 Å². The molecule has 0 aromatic rings. The van der Waals surface area contributed by atoms with Crippen molar-refractivity contribution in [2.45, 2.75) is 169 Å². The summed E-state index contributed by atoms with van der Waals surface area (Å²) < 4.78 is 0. The van der Waals surface area contributed by atoms with Crippen molar-refractivity contribution in [3.63, 3.8) is 0 Å². The van der Waals surface area contributed by atoms with Crippen molar-refractivity contribution in [1.29, 1.82) is 0 Å². The number of unbranched alkanes of at least 4 members (excludes halogenated alkanes) is 18. The third-order valence-corrected chi connectivity index (χ3v) is 12.5. The molecular formula is C30H64ClP. The van der Waals surface area contributed by atoms with Crippen molar-refractivity contribution >= 4 is 7.26 Å². The van der Waals surface area contributed by atoms with Crippen LogP contribution >= 0.6 is 7.26 Å². The summed E-state index contributed by atoms with van der Waals surface area (Å²) in [5.41, 5.74) is 0. The van der Waals surface area contributed by atoms with Crippen LogP contribution in [0.15, 0.2) is 0 Å². The van der Waals surface area contributed by atoms with Gasteiger partial charge in [0.05, 0.1) is 24.6 Å². The molecule has 0 rings (SSSR count). The second-order valence-corrected chi connectivity index (χ2v) is 15.1. The van der Waals surface area contributed by atoms with Gasteiger partial charge in [-0.25, -0.2) is 0 Å². The van der Waals surface area contributed by atoms with E-state index in [0.717, 1.165) is 0 Å². The van der Waals surface area contributed by atoms with Crippen LogP contribution in [0.5, 0.6) is 0 Å². The lowest BCUT2D eigenvalue weighted by atomic mass is 10.1. The third kappa shape index (κ3) is 22.5. The summed E-state index contributed by atoms with van der Waals surface area (Å²) in [6.07, 6.45) is 39.1. The standard InChI is InChI=1S/C30H64P.ClH/c1-5-9-13-17-19-21-25-29-31(27-23-15-11-7-3,28-24-16-12-8-4)30-26-22-20-18-14-10-6-2;/h5-30H2,1-4H3;1H/q+1;/p-1. The summed E-state index contributed by atoms with van der Waals surface area (Å²) in [5.74, 6) is 0. The van der Waals surface area contributed by atoms with E-state index in [1.54, 1.807) is 50.3 Å². The summed E-state index contributed by atoms with van der Waals surface area (Å²) in [6, 6.07) is 0. The average Bonchev–Trinajstić information content (AvgIpc) is 2.78. The van der Waals surface area contributed by atoms with Gasteiger partial charge in [0.2, 0.25) is 0 Å². The Balaban J connectivity index is 0. The van der Waals surface area contributed by atoms with Crippen LogP contribution in [-0.4, -0.2) is 24.6 Å². The molecule has 0 aliphatic heterocycles. The Kier molecular flexibility index (Phi) is 30.5. The van der Waals surface area contributed by atoms with Crippen LogP contribution in [0.4, 0.5) is 0 Å². The molecule has 0 nitrogen and oxygen atoms in total. The Morgan fingerprint density at radius 2 is 0.469 bits per heavy atom. The summed E-state index contributed by atoms with van der Waals surface area (Å²) in [5, 5.41) is 0. The molecule has 0 amide bonds. The first-order valence-corrected chi connectivity index (χ1v) is 17.6. The number of hydrogen-bond donors (Lipinski definition) is 0. The van der Waals surface area contributed by atoms with Crippen LogP contribution in [0.25, 0.3) is 0 Å².